The topological polar surface area (TPSA) is 102 Å². The molecule has 2 aliphatic rings. The molecule has 9 nitrogen and oxygen atoms in total. The van der Waals surface area contributed by atoms with Crippen LogP contribution in [0.4, 0.5) is 27.3 Å². The zero-order valence-electron chi connectivity index (χ0n) is 23.3. The second-order valence-corrected chi connectivity index (χ2v) is 10.1. The summed E-state index contributed by atoms with van der Waals surface area (Å²) in [6, 6.07) is 21.1. The molecule has 2 atom stereocenters. The number of morpholine rings is 2. The molecule has 0 aliphatic carbocycles. The van der Waals surface area contributed by atoms with Crippen molar-refractivity contribution in [3.05, 3.63) is 101 Å². The molecule has 4 N–H and O–H groups in total. The predicted octanol–water partition coefficient (Wildman–Crippen LogP) is 5.77. The molecule has 4 heterocycles. The van der Waals surface area contributed by atoms with Crippen LogP contribution in [0.2, 0.25) is 5.15 Å². The van der Waals surface area contributed by atoms with Gasteiger partial charge < -0.3 is 35.5 Å². The molecule has 11 heteroatoms. The lowest BCUT2D eigenvalue weighted by atomic mass is 10.1. The van der Waals surface area contributed by atoms with Crippen LogP contribution in [-0.2, 0) is 9.47 Å². The minimum Gasteiger partial charge on any atom is -0.497 e. The van der Waals surface area contributed by atoms with Crippen LogP contribution >= 0.6 is 11.6 Å². The highest BCUT2D eigenvalue weighted by atomic mass is 35.5. The Hall–Kier alpha value is -3.80. The summed E-state index contributed by atoms with van der Waals surface area (Å²) < 4.78 is 30.0. The Kier molecular flexibility index (Phi) is 10.5. The van der Waals surface area contributed by atoms with Gasteiger partial charge in [0.2, 0.25) is 0 Å². The lowest BCUT2D eigenvalue weighted by Crippen LogP contribution is -2.33. The van der Waals surface area contributed by atoms with Crippen molar-refractivity contribution in [2.24, 2.45) is 0 Å². The van der Waals surface area contributed by atoms with Gasteiger partial charge in [0, 0.05) is 55.9 Å². The number of benzene rings is 2. The molecule has 0 radical (unpaired) electrons. The Morgan fingerprint density at radius 2 is 1.40 bits per heavy atom. The van der Waals surface area contributed by atoms with Gasteiger partial charge in [0.1, 0.15) is 11.6 Å². The van der Waals surface area contributed by atoms with E-state index in [-0.39, 0.29) is 17.4 Å². The quantitative estimate of drug-likeness (QED) is 0.199. The molecule has 0 amide bonds. The first-order valence-corrected chi connectivity index (χ1v) is 14.1. The van der Waals surface area contributed by atoms with Crippen molar-refractivity contribution in [3.8, 4) is 5.75 Å². The lowest BCUT2D eigenvalue weighted by molar-refractivity contribution is 0.0276. The van der Waals surface area contributed by atoms with E-state index in [0.29, 0.717) is 5.69 Å². The summed E-state index contributed by atoms with van der Waals surface area (Å²) in [7, 11) is 1.64. The van der Waals surface area contributed by atoms with Crippen molar-refractivity contribution >= 4 is 34.5 Å². The largest absolute Gasteiger partial charge is 0.497 e. The van der Waals surface area contributed by atoms with Crippen LogP contribution in [0, 0.1) is 5.82 Å². The Bertz CT molecular complexity index is 1420. The number of halogens is 2. The first-order chi connectivity index (χ1) is 20.6. The van der Waals surface area contributed by atoms with Crippen molar-refractivity contribution in [1.82, 2.24) is 20.6 Å². The highest BCUT2D eigenvalue weighted by molar-refractivity contribution is 6.29. The highest BCUT2D eigenvalue weighted by Crippen LogP contribution is 2.25. The van der Waals surface area contributed by atoms with Crippen molar-refractivity contribution < 1.29 is 18.6 Å². The van der Waals surface area contributed by atoms with Gasteiger partial charge in [-0.3, -0.25) is 0 Å². The van der Waals surface area contributed by atoms with Gasteiger partial charge in [-0.2, -0.15) is 0 Å². The SMILES string of the molecule is COc1ccnc(Nc2ccc([C@H]3CNCCO3)cc2)c1.Fc1cc(Nc2ccc([C@H]3CNCCO3)cc2)cnc1Cl. The molecule has 0 spiro atoms. The lowest BCUT2D eigenvalue weighted by Gasteiger charge is -2.24. The number of anilines is 4. The summed E-state index contributed by atoms with van der Waals surface area (Å²) >= 11 is 5.56. The predicted molar refractivity (Wildman–Crippen MR) is 163 cm³/mol. The zero-order valence-corrected chi connectivity index (χ0v) is 24.0. The summed E-state index contributed by atoms with van der Waals surface area (Å²) in [5.41, 5.74) is 4.70. The van der Waals surface area contributed by atoms with Crippen LogP contribution in [0.1, 0.15) is 23.3 Å². The molecule has 42 heavy (non-hydrogen) atoms. The van der Waals surface area contributed by atoms with E-state index < -0.39 is 5.82 Å². The van der Waals surface area contributed by atoms with Gasteiger partial charge >= 0.3 is 0 Å². The van der Waals surface area contributed by atoms with Crippen LogP contribution < -0.4 is 26.0 Å². The van der Waals surface area contributed by atoms with Crippen LogP contribution in [0.3, 0.4) is 0 Å². The molecule has 0 bridgehead atoms. The van der Waals surface area contributed by atoms with Gasteiger partial charge in [0.15, 0.2) is 11.0 Å². The van der Waals surface area contributed by atoms with Crippen molar-refractivity contribution in [1.29, 1.82) is 0 Å². The summed E-state index contributed by atoms with van der Waals surface area (Å²) in [6.45, 7) is 4.99. The van der Waals surface area contributed by atoms with E-state index in [4.69, 9.17) is 25.8 Å². The maximum atomic E-state index is 13.3. The van der Waals surface area contributed by atoms with Crippen LogP contribution in [0.15, 0.2) is 79.1 Å². The minimum absolute atomic E-state index is 0.0856. The summed E-state index contributed by atoms with van der Waals surface area (Å²) in [5.74, 6) is 1.00. The average Bonchev–Trinajstić information content (AvgIpc) is 3.05. The maximum absolute atomic E-state index is 13.3. The molecule has 2 saturated heterocycles. The van der Waals surface area contributed by atoms with E-state index in [1.165, 1.54) is 17.8 Å². The fraction of sp³-hybridized carbons (Fsp3) is 0.290. The van der Waals surface area contributed by atoms with Crippen molar-refractivity contribution in [3.63, 3.8) is 0 Å². The molecule has 2 aliphatic heterocycles. The van der Waals surface area contributed by atoms with E-state index in [1.54, 1.807) is 13.3 Å². The van der Waals surface area contributed by atoms with Gasteiger partial charge in [0.05, 0.1) is 44.4 Å². The number of hydrogen-bond donors (Lipinski definition) is 4. The number of ether oxygens (including phenoxy) is 3. The third kappa shape index (κ3) is 8.37. The van der Waals surface area contributed by atoms with E-state index in [0.717, 1.165) is 67.9 Å². The van der Waals surface area contributed by atoms with E-state index in [2.05, 4.69) is 43.4 Å². The van der Waals surface area contributed by atoms with Gasteiger partial charge in [-0.1, -0.05) is 35.9 Å². The molecular weight excluding hydrogens is 559 g/mol. The third-order valence-corrected chi connectivity index (χ3v) is 7.02. The number of nitrogens with one attached hydrogen (secondary N) is 4. The summed E-state index contributed by atoms with van der Waals surface area (Å²) in [4.78, 5) is 8.03. The van der Waals surface area contributed by atoms with Crippen LogP contribution in [0.25, 0.3) is 0 Å². The molecular formula is C31H34ClFN6O3. The molecule has 2 fully saturated rings. The zero-order chi connectivity index (χ0) is 29.1. The Morgan fingerprint density at radius 3 is 1.93 bits per heavy atom. The molecule has 220 valence electrons. The monoisotopic (exact) mass is 592 g/mol. The summed E-state index contributed by atoms with van der Waals surface area (Å²) in [6.07, 6.45) is 3.44. The Balaban J connectivity index is 0.000000168. The van der Waals surface area contributed by atoms with Crippen LogP contribution in [0.5, 0.6) is 5.75 Å². The first kappa shape index (κ1) is 29.7. The highest BCUT2D eigenvalue weighted by Gasteiger charge is 2.16. The number of methoxy groups -OCH3 is 1. The Morgan fingerprint density at radius 1 is 0.810 bits per heavy atom. The number of nitrogens with zero attached hydrogens (tertiary/aromatic N) is 2. The van der Waals surface area contributed by atoms with Gasteiger partial charge in [0.25, 0.3) is 0 Å². The average molecular weight is 593 g/mol. The molecule has 4 aromatic rings. The number of pyridine rings is 2. The third-order valence-electron chi connectivity index (χ3n) is 6.74. The minimum atomic E-state index is -0.542. The summed E-state index contributed by atoms with van der Waals surface area (Å²) in [5, 5.41) is 12.9. The number of aromatic nitrogens is 2. The van der Waals surface area contributed by atoms with Crippen LogP contribution in [-0.4, -0.2) is 56.5 Å². The maximum Gasteiger partial charge on any atom is 0.164 e. The fourth-order valence-electron chi connectivity index (χ4n) is 4.53. The molecule has 6 rings (SSSR count). The van der Waals surface area contributed by atoms with E-state index in [1.807, 2.05) is 48.5 Å². The fourth-order valence-corrected chi connectivity index (χ4v) is 4.64. The smallest absolute Gasteiger partial charge is 0.164 e. The molecule has 2 aromatic heterocycles. The Labute approximate surface area is 249 Å². The van der Waals surface area contributed by atoms with Crippen molar-refractivity contribution in [2.75, 3.05) is 57.1 Å². The second kappa shape index (κ2) is 14.9. The number of rotatable bonds is 7. The van der Waals surface area contributed by atoms with E-state index in [9.17, 15) is 4.39 Å². The second-order valence-electron chi connectivity index (χ2n) is 9.70. The van der Waals surface area contributed by atoms with Gasteiger partial charge in [-0.05, 0) is 41.5 Å². The molecule has 0 saturated carbocycles. The molecule has 2 aromatic carbocycles. The normalized spacial score (nSPS) is 18.4. The van der Waals surface area contributed by atoms with Gasteiger partial charge in [-0.15, -0.1) is 0 Å². The van der Waals surface area contributed by atoms with Gasteiger partial charge in [-0.25, -0.2) is 14.4 Å². The standard InChI is InChI=1S/C16H19N3O2.C15H15ClFN3O/c1-20-14-6-7-18-16(10-14)19-13-4-2-12(3-5-13)15-11-17-8-9-21-15;16-15-13(17)7-12(8-19-15)20-11-3-1-10(2-4-11)14-9-18-5-6-21-14/h2-7,10,15,17H,8-9,11H2,1H3,(H,18,19);1-4,7-8,14,18,20H,5-6,9H2/t15-;14-/m11/s1. The van der Waals surface area contributed by atoms with E-state index >= 15 is 0 Å². The molecule has 0 unspecified atom stereocenters. The first-order valence-electron chi connectivity index (χ1n) is 13.8. The number of hydrogen-bond acceptors (Lipinski definition) is 9. The van der Waals surface area contributed by atoms with Crippen molar-refractivity contribution in [2.45, 2.75) is 12.2 Å².